The molecule has 0 aromatic heterocycles. The van der Waals surface area contributed by atoms with Crippen molar-refractivity contribution in [1.82, 2.24) is 15.5 Å². The Kier molecular flexibility index (Phi) is 4.59. The highest BCUT2D eigenvalue weighted by Gasteiger charge is 2.37. The van der Waals surface area contributed by atoms with Crippen molar-refractivity contribution in [2.75, 3.05) is 26.7 Å². The van der Waals surface area contributed by atoms with E-state index >= 15 is 0 Å². The van der Waals surface area contributed by atoms with Crippen molar-refractivity contribution < 1.29 is 0 Å². The summed E-state index contributed by atoms with van der Waals surface area (Å²) in [7, 11) is 2.24. The van der Waals surface area contributed by atoms with Gasteiger partial charge in [-0.15, -0.1) is 0 Å². The number of rotatable bonds is 3. The van der Waals surface area contributed by atoms with E-state index in [0.29, 0.717) is 6.04 Å². The second-order valence-corrected chi connectivity index (χ2v) is 8.15. The first-order chi connectivity index (χ1) is 8.76. The van der Waals surface area contributed by atoms with E-state index in [9.17, 15) is 0 Å². The zero-order valence-corrected chi connectivity index (χ0v) is 13.6. The lowest BCUT2D eigenvalue weighted by Crippen LogP contribution is -2.62. The van der Waals surface area contributed by atoms with Crippen LogP contribution in [0.5, 0.6) is 0 Å². The SMILES string of the molecule is CN1CCC(CNC2CC(C)(C)NC(C)(C)C2)CC1. The molecular weight excluding hydrogens is 234 g/mol. The molecule has 3 nitrogen and oxygen atoms in total. The van der Waals surface area contributed by atoms with Crippen LogP contribution in [0.25, 0.3) is 0 Å². The summed E-state index contributed by atoms with van der Waals surface area (Å²) in [5.74, 6) is 0.886. The molecule has 0 amide bonds. The largest absolute Gasteiger partial charge is 0.314 e. The van der Waals surface area contributed by atoms with Crippen LogP contribution in [0, 0.1) is 5.92 Å². The Morgan fingerprint density at radius 3 is 2.11 bits per heavy atom. The van der Waals surface area contributed by atoms with Gasteiger partial charge in [0.05, 0.1) is 0 Å². The van der Waals surface area contributed by atoms with E-state index < -0.39 is 0 Å². The fourth-order valence-electron chi connectivity index (χ4n) is 4.07. The molecular formula is C16H33N3. The minimum absolute atomic E-state index is 0.256. The highest BCUT2D eigenvalue weighted by molar-refractivity contribution is 4.99. The van der Waals surface area contributed by atoms with Crippen LogP contribution in [-0.4, -0.2) is 48.7 Å². The summed E-state index contributed by atoms with van der Waals surface area (Å²) in [6, 6.07) is 0.672. The third-order valence-corrected chi connectivity index (χ3v) is 4.72. The minimum Gasteiger partial charge on any atom is -0.314 e. The maximum atomic E-state index is 3.86. The van der Waals surface area contributed by atoms with Gasteiger partial charge in [-0.25, -0.2) is 0 Å². The fourth-order valence-corrected chi connectivity index (χ4v) is 4.07. The van der Waals surface area contributed by atoms with Gasteiger partial charge < -0.3 is 15.5 Å². The van der Waals surface area contributed by atoms with Crippen molar-refractivity contribution in [3.63, 3.8) is 0 Å². The summed E-state index contributed by atoms with van der Waals surface area (Å²) >= 11 is 0. The molecule has 2 saturated heterocycles. The van der Waals surface area contributed by atoms with Crippen molar-refractivity contribution in [2.24, 2.45) is 5.92 Å². The van der Waals surface area contributed by atoms with E-state index in [2.05, 4.69) is 50.3 Å². The van der Waals surface area contributed by atoms with Crippen LogP contribution in [0.1, 0.15) is 53.4 Å². The van der Waals surface area contributed by atoms with Gasteiger partial charge in [-0.05, 0) is 86.0 Å². The van der Waals surface area contributed by atoms with Crippen LogP contribution in [-0.2, 0) is 0 Å². The highest BCUT2D eigenvalue weighted by Crippen LogP contribution is 2.28. The predicted octanol–water partition coefficient (Wildman–Crippen LogP) is 2.23. The minimum atomic E-state index is 0.256. The number of piperidine rings is 2. The van der Waals surface area contributed by atoms with E-state index in [-0.39, 0.29) is 11.1 Å². The molecule has 0 aliphatic carbocycles. The number of nitrogens with one attached hydrogen (secondary N) is 2. The Hall–Kier alpha value is -0.120. The lowest BCUT2D eigenvalue weighted by Gasteiger charge is -2.47. The van der Waals surface area contributed by atoms with E-state index in [1.54, 1.807) is 0 Å². The molecule has 0 bridgehead atoms. The van der Waals surface area contributed by atoms with Crippen molar-refractivity contribution in [1.29, 1.82) is 0 Å². The first kappa shape index (κ1) is 15.3. The molecule has 2 rings (SSSR count). The molecule has 2 N–H and O–H groups in total. The van der Waals surface area contributed by atoms with Crippen molar-refractivity contribution in [3.8, 4) is 0 Å². The molecule has 2 aliphatic rings. The summed E-state index contributed by atoms with van der Waals surface area (Å²) < 4.78 is 0. The molecule has 19 heavy (non-hydrogen) atoms. The van der Waals surface area contributed by atoms with Crippen LogP contribution >= 0.6 is 0 Å². The molecule has 0 spiro atoms. The summed E-state index contributed by atoms with van der Waals surface area (Å²) in [5, 5.41) is 7.62. The molecule has 0 aromatic carbocycles. The molecule has 3 heteroatoms. The standard InChI is InChI=1S/C16H33N3/c1-15(2)10-14(11-16(3,4)18-15)17-12-13-6-8-19(5)9-7-13/h13-14,17-18H,6-12H2,1-5H3. The Morgan fingerprint density at radius 2 is 1.58 bits per heavy atom. The van der Waals surface area contributed by atoms with Gasteiger partial charge in [0.1, 0.15) is 0 Å². The smallest absolute Gasteiger partial charge is 0.0144 e. The molecule has 0 saturated carbocycles. The Balaban J connectivity index is 1.79. The summed E-state index contributed by atoms with van der Waals surface area (Å²) in [6.45, 7) is 13.1. The topological polar surface area (TPSA) is 27.3 Å². The molecule has 0 unspecified atom stereocenters. The molecule has 2 heterocycles. The number of hydrogen-bond donors (Lipinski definition) is 2. The normalized spacial score (nSPS) is 29.5. The first-order valence-electron chi connectivity index (χ1n) is 7.97. The van der Waals surface area contributed by atoms with Crippen molar-refractivity contribution in [3.05, 3.63) is 0 Å². The van der Waals surface area contributed by atoms with E-state index in [1.165, 1.54) is 45.3 Å². The maximum Gasteiger partial charge on any atom is 0.0144 e. The third kappa shape index (κ3) is 4.73. The quantitative estimate of drug-likeness (QED) is 0.821. The van der Waals surface area contributed by atoms with Crippen LogP contribution in [0.3, 0.4) is 0 Å². The Morgan fingerprint density at radius 1 is 1.05 bits per heavy atom. The summed E-state index contributed by atoms with van der Waals surface area (Å²) in [5.41, 5.74) is 0.512. The molecule has 0 atom stereocenters. The average molecular weight is 267 g/mol. The number of nitrogens with zero attached hydrogens (tertiary/aromatic N) is 1. The lowest BCUT2D eigenvalue weighted by molar-refractivity contribution is 0.137. The Bertz CT molecular complexity index is 274. The number of likely N-dealkylation sites (tertiary alicyclic amines) is 1. The zero-order valence-electron chi connectivity index (χ0n) is 13.6. The molecule has 0 radical (unpaired) electrons. The van der Waals surface area contributed by atoms with Crippen LogP contribution < -0.4 is 10.6 Å². The zero-order chi connectivity index (χ0) is 14.1. The number of hydrogen-bond acceptors (Lipinski definition) is 3. The fraction of sp³-hybridized carbons (Fsp3) is 1.00. The van der Waals surface area contributed by atoms with Gasteiger partial charge in [0.2, 0.25) is 0 Å². The van der Waals surface area contributed by atoms with Crippen LogP contribution in [0.15, 0.2) is 0 Å². The van der Waals surface area contributed by atoms with Gasteiger partial charge >= 0.3 is 0 Å². The van der Waals surface area contributed by atoms with Crippen LogP contribution in [0.4, 0.5) is 0 Å². The van der Waals surface area contributed by atoms with E-state index in [4.69, 9.17) is 0 Å². The van der Waals surface area contributed by atoms with Gasteiger partial charge in [-0.3, -0.25) is 0 Å². The second kappa shape index (κ2) is 5.71. The van der Waals surface area contributed by atoms with E-state index in [0.717, 1.165) is 5.92 Å². The summed E-state index contributed by atoms with van der Waals surface area (Å²) in [4.78, 5) is 2.45. The van der Waals surface area contributed by atoms with Gasteiger partial charge in [0, 0.05) is 17.1 Å². The average Bonchev–Trinajstić information content (AvgIpc) is 2.24. The van der Waals surface area contributed by atoms with Crippen molar-refractivity contribution in [2.45, 2.75) is 70.5 Å². The van der Waals surface area contributed by atoms with Gasteiger partial charge in [-0.1, -0.05) is 0 Å². The second-order valence-electron chi connectivity index (χ2n) is 8.15. The van der Waals surface area contributed by atoms with Crippen LogP contribution in [0.2, 0.25) is 0 Å². The molecule has 2 aliphatic heterocycles. The van der Waals surface area contributed by atoms with Gasteiger partial charge in [0.15, 0.2) is 0 Å². The third-order valence-electron chi connectivity index (χ3n) is 4.72. The van der Waals surface area contributed by atoms with E-state index in [1.807, 2.05) is 0 Å². The molecule has 112 valence electrons. The summed E-state index contributed by atoms with van der Waals surface area (Å²) in [6.07, 6.45) is 5.20. The van der Waals surface area contributed by atoms with Gasteiger partial charge in [-0.2, -0.15) is 0 Å². The highest BCUT2D eigenvalue weighted by atomic mass is 15.1. The van der Waals surface area contributed by atoms with Gasteiger partial charge in [0.25, 0.3) is 0 Å². The molecule has 0 aromatic rings. The molecule has 2 fully saturated rings. The first-order valence-corrected chi connectivity index (χ1v) is 7.97. The monoisotopic (exact) mass is 267 g/mol. The maximum absolute atomic E-state index is 3.86. The Labute approximate surface area is 119 Å². The van der Waals surface area contributed by atoms with Crippen molar-refractivity contribution >= 4 is 0 Å². The predicted molar refractivity (Wildman–Crippen MR) is 82.5 cm³/mol. The lowest BCUT2D eigenvalue weighted by atomic mass is 9.79.